The van der Waals surface area contributed by atoms with Gasteiger partial charge in [-0.2, -0.15) is 0 Å². The van der Waals surface area contributed by atoms with E-state index in [9.17, 15) is 9.59 Å². The fourth-order valence-corrected chi connectivity index (χ4v) is 2.80. The lowest BCUT2D eigenvalue weighted by Crippen LogP contribution is -2.25. The van der Waals surface area contributed by atoms with Gasteiger partial charge in [0.25, 0.3) is 0 Å². The van der Waals surface area contributed by atoms with Crippen LogP contribution in [0.1, 0.15) is 45.8 Å². The number of rotatable bonds is 8. The zero-order valence-electron chi connectivity index (χ0n) is 11.6. The molecule has 19 heavy (non-hydrogen) atoms. The van der Waals surface area contributed by atoms with E-state index in [-0.39, 0.29) is 24.5 Å². The highest BCUT2D eigenvalue weighted by Crippen LogP contribution is 2.22. The third kappa shape index (κ3) is 5.53. The fraction of sp³-hybridized carbons (Fsp3) is 0.571. The van der Waals surface area contributed by atoms with E-state index in [4.69, 9.17) is 5.73 Å². The molecule has 1 rings (SSSR count). The van der Waals surface area contributed by atoms with E-state index in [2.05, 4.69) is 5.32 Å². The summed E-state index contributed by atoms with van der Waals surface area (Å²) in [6.45, 7) is 5.21. The normalized spacial score (nSPS) is 10.5. The van der Waals surface area contributed by atoms with Gasteiger partial charge in [0.15, 0.2) is 5.78 Å². The Morgan fingerprint density at radius 1 is 1.26 bits per heavy atom. The van der Waals surface area contributed by atoms with Crippen LogP contribution in [0.15, 0.2) is 6.07 Å². The van der Waals surface area contributed by atoms with Crippen molar-refractivity contribution in [2.75, 3.05) is 13.1 Å². The zero-order valence-corrected chi connectivity index (χ0v) is 12.4. The van der Waals surface area contributed by atoms with E-state index in [1.807, 2.05) is 19.9 Å². The number of carbonyl (C=O) groups excluding carboxylic acids is 2. The van der Waals surface area contributed by atoms with E-state index in [0.717, 1.165) is 28.2 Å². The molecule has 5 heteroatoms. The first kappa shape index (κ1) is 15.9. The van der Waals surface area contributed by atoms with Crippen LogP contribution in [0.5, 0.6) is 0 Å². The molecule has 0 radical (unpaired) electrons. The smallest absolute Gasteiger partial charge is 0.220 e. The molecule has 4 nitrogen and oxygen atoms in total. The number of unbranched alkanes of at least 4 members (excludes halogenated alkanes) is 1. The van der Waals surface area contributed by atoms with Gasteiger partial charge in [-0.05, 0) is 39.3 Å². The number of thiophene rings is 1. The van der Waals surface area contributed by atoms with Gasteiger partial charge in [0, 0.05) is 34.7 Å². The minimum atomic E-state index is -0.0602. The maximum Gasteiger partial charge on any atom is 0.220 e. The van der Waals surface area contributed by atoms with Crippen molar-refractivity contribution in [2.24, 2.45) is 5.73 Å². The van der Waals surface area contributed by atoms with Gasteiger partial charge < -0.3 is 11.1 Å². The number of ketones is 1. The summed E-state index contributed by atoms with van der Waals surface area (Å²) in [4.78, 5) is 25.7. The molecule has 0 atom stereocenters. The van der Waals surface area contributed by atoms with Gasteiger partial charge in [-0.15, -0.1) is 11.3 Å². The van der Waals surface area contributed by atoms with E-state index in [0.29, 0.717) is 13.1 Å². The number of carbonyl (C=O) groups is 2. The first-order valence-electron chi connectivity index (χ1n) is 6.61. The number of Topliss-reactive ketones (excluding diaryl/α,β-unsaturated/α-hetero) is 1. The molecule has 0 aromatic carbocycles. The second kappa shape index (κ2) is 8.07. The molecule has 1 amide bonds. The Balaban J connectivity index is 2.30. The van der Waals surface area contributed by atoms with Crippen LogP contribution in [-0.2, 0) is 4.79 Å². The Labute approximate surface area is 118 Å². The van der Waals surface area contributed by atoms with Gasteiger partial charge in [-0.3, -0.25) is 9.59 Å². The summed E-state index contributed by atoms with van der Waals surface area (Å²) in [5.74, 6) is -0.00562. The number of amides is 1. The second-order valence-corrected chi connectivity index (χ2v) is 6.06. The van der Waals surface area contributed by atoms with Gasteiger partial charge in [0.1, 0.15) is 0 Å². The lowest BCUT2D eigenvalue weighted by Gasteiger charge is -2.04. The third-order valence-corrected chi connectivity index (χ3v) is 3.84. The minimum absolute atomic E-state index is 0.0546. The second-order valence-electron chi connectivity index (χ2n) is 4.60. The molecule has 1 heterocycles. The largest absolute Gasteiger partial charge is 0.356 e. The van der Waals surface area contributed by atoms with E-state index in [1.165, 1.54) is 0 Å². The maximum atomic E-state index is 12.0. The maximum absolute atomic E-state index is 12.0. The van der Waals surface area contributed by atoms with E-state index >= 15 is 0 Å². The SMILES string of the molecule is Cc1cc(C(=O)CCC(=O)NCCCCN)c(C)s1. The van der Waals surface area contributed by atoms with Crippen LogP contribution in [0.4, 0.5) is 0 Å². The van der Waals surface area contributed by atoms with Crippen LogP contribution >= 0.6 is 11.3 Å². The number of nitrogens with two attached hydrogens (primary N) is 1. The van der Waals surface area contributed by atoms with Crippen LogP contribution in [0.3, 0.4) is 0 Å². The summed E-state index contributed by atoms with van der Waals surface area (Å²) in [6, 6.07) is 1.90. The molecule has 0 bridgehead atoms. The van der Waals surface area contributed by atoms with Gasteiger partial charge >= 0.3 is 0 Å². The van der Waals surface area contributed by atoms with Gasteiger partial charge in [0.05, 0.1) is 0 Å². The Morgan fingerprint density at radius 3 is 2.58 bits per heavy atom. The van der Waals surface area contributed by atoms with Crippen molar-refractivity contribution < 1.29 is 9.59 Å². The highest BCUT2D eigenvalue weighted by molar-refractivity contribution is 7.12. The average Bonchev–Trinajstić information content (AvgIpc) is 2.71. The van der Waals surface area contributed by atoms with Gasteiger partial charge in [0.2, 0.25) is 5.91 Å². The van der Waals surface area contributed by atoms with Crippen LogP contribution in [0.2, 0.25) is 0 Å². The van der Waals surface area contributed by atoms with Crippen LogP contribution < -0.4 is 11.1 Å². The number of hydrogen-bond donors (Lipinski definition) is 2. The summed E-state index contributed by atoms with van der Waals surface area (Å²) < 4.78 is 0. The molecule has 0 saturated carbocycles. The quantitative estimate of drug-likeness (QED) is 0.567. The summed E-state index contributed by atoms with van der Waals surface area (Å²) in [5.41, 5.74) is 6.13. The molecule has 0 spiro atoms. The van der Waals surface area contributed by atoms with Crippen molar-refractivity contribution in [3.63, 3.8) is 0 Å². The Hall–Kier alpha value is -1.20. The fourth-order valence-electron chi connectivity index (χ4n) is 1.85. The van der Waals surface area contributed by atoms with Crippen LogP contribution in [0.25, 0.3) is 0 Å². The predicted octanol–water partition coefficient (Wildman–Crippen LogP) is 2.18. The molecule has 0 fully saturated rings. The van der Waals surface area contributed by atoms with Crippen molar-refractivity contribution >= 4 is 23.0 Å². The molecule has 0 aliphatic rings. The predicted molar refractivity (Wildman–Crippen MR) is 78.7 cm³/mol. The molecule has 0 aliphatic carbocycles. The number of nitrogens with one attached hydrogen (secondary N) is 1. The summed E-state index contributed by atoms with van der Waals surface area (Å²) in [6.07, 6.45) is 2.33. The Kier molecular flexibility index (Phi) is 6.73. The number of hydrogen-bond acceptors (Lipinski definition) is 4. The summed E-state index contributed by atoms with van der Waals surface area (Å²) in [5, 5.41) is 2.80. The van der Waals surface area contributed by atoms with Crippen molar-refractivity contribution in [1.29, 1.82) is 0 Å². The molecule has 1 aromatic rings. The van der Waals surface area contributed by atoms with Crippen LogP contribution in [-0.4, -0.2) is 24.8 Å². The summed E-state index contributed by atoms with van der Waals surface area (Å²) >= 11 is 1.62. The van der Waals surface area contributed by atoms with Gasteiger partial charge in [-0.1, -0.05) is 0 Å². The topological polar surface area (TPSA) is 72.2 Å². The molecular weight excluding hydrogens is 260 g/mol. The highest BCUT2D eigenvalue weighted by Gasteiger charge is 2.13. The molecule has 0 aliphatic heterocycles. The third-order valence-electron chi connectivity index (χ3n) is 2.87. The number of aryl methyl sites for hydroxylation is 2. The first-order chi connectivity index (χ1) is 9.04. The van der Waals surface area contributed by atoms with Crippen molar-refractivity contribution in [3.05, 3.63) is 21.4 Å². The average molecular weight is 282 g/mol. The molecule has 0 saturated heterocycles. The highest BCUT2D eigenvalue weighted by atomic mass is 32.1. The van der Waals surface area contributed by atoms with E-state index in [1.54, 1.807) is 11.3 Å². The minimum Gasteiger partial charge on any atom is -0.356 e. The Morgan fingerprint density at radius 2 is 2.00 bits per heavy atom. The molecule has 1 aromatic heterocycles. The molecule has 106 valence electrons. The van der Waals surface area contributed by atoms with Crippen LogP contribution in [0, 0.1) is 13.8 Å². The first-order valence-corrected chi connectivity index (χ1v) is 7.43. The zero-order chi connectivity index (χ0) is 14.3. The lowest BCUT2D eigenvalue weighted by molar-refractivity contribution is -0.121. The van der Waals surface area contributed by atoms with Crippen molar-refractivity contribution in [2.45, 2.75) is 39.5 Å². The standard InChI is InChI=1S/C14H22N2O2S/c1-10-9-12(11(2)19-10)13(17)5-6-14(18)16-8-4-3-7-15/h9H,3-8,15H2,1-2H3,(H,16,18). The molecular formula is C14H22N2O2S. The molecule has 3 N–H and O–H groups in total. The molecule has 0 unspecified atom stereocenters. The summed E-state index contributed by atoms with van der Waals surface area (Å²) in [7, 11) is 0. The lowest BCUT2D eigenvalue weighted by atomic mass is 10.1. The monoisotopic (exact) mass is 282 g/mol. The van der Waals surface area contributed by atoms with Crippen molar-refractivity contribution in [3.8, 4) is 0 Å². The van der Waals surface area contributed by atoms with Gasteiger partial charge in [-0.25, -0.2) is 0 Å². The Bertz CT molecular complexity index is 441. The van der Waals surface area contributed by atoms with E-state index < -0.39 is 0 Å². The van der Waals surface area contributed by atoms with Crippen molar-refractivity contribution in [1.82, 2.24) is 5.32 Å².